The van der Waals surface area contributed by atoms with E-state index in [0.29, 0.717) is 12.2 Å². The molecule has 2 rings (SSSR count). The Morgan fingerprint density at radius 3 is 2.89 bits per heavy atom. The number of nitrogens with two attached hydrogens (primary N) is 1. The van der Waals surface area contributed by atoms with Crippen molar-refractivity contribution in [2.45, 2.75) is 19.9 Å². The molecule has 1 aromatic carbocycles. The number of anilines is 2. The van der Waals surface area contributed by atoms with Gasteiger partial charge in [-0.3, -0.25) is 4.98 Å². The van der Waals surface area contributed by atoms with Crippen molar-refractivity contribution < 1.29 is 4.39 Å². The Hall–Kier alpha value is -2.10. The molecule has 1 heterocycles. The van der Waals surface area contributed by atoms with Crippen LogP contribution >= 0.6 is 0 Å². The van der Waals surface area contributed by atoms with Gasteiger partial charge in [0.15, 0.2) is 0 Å². The van der Waals surface area contributed by atoms with Crippen LogP contribution in [0, 0.1) is 5.82 Å². The minimum absolute atomic E-state index is 0.145. The number of para-hydroxylation sites is 1. The summed E-state index contributed by atoms with van der Waals surface area (Å²) in [5.41, 5.74) is 8.55. The van der Waals surface area contributed by atoms with Gasteiger partial charge in [0, 0.05) is 6.20 Å². The van der Waals surface area contributed by atoms with Crippen molar-refractivity contribution in [3.63, 3.8) is 0 Å². The van der Waals surface area contributed by atoms with Crippen molar-refractivity contribution in [2.75, 3.05) is 11.1 Å². The van der Waals surface area contributed by atoms with Crippen LogP contribution in [-0.2, 0) is 13.0 Å². The molecule has 18 heavy (non-hydrogen) atoms. The monoisotopic (exact) mass is 245 g/mol. The molecule has 3 N–H and O–H groups in total. The molecule has 0 radical (unpaired) electrons. The summed E-state index contributed by atoms with van der Waals surface area (Å²) < 4.78 is 13.3. The fraction of sp³-hybridized carbons (Fsp3) is 0.214. The van der Waals surface area contributed by atoms with Crippen molar-refractivity contribution in [2.24, 2.45) is 0 Å². The summed E-state index contributed by atoms with van der Waals surface area (Å²) in [6.45, 7) is 2.62. The molecule has 1 aromatic heterocycles. The zero-order valence-electron chi connectivity index (χ0n) is 10.3. The van der Waals surface area contributed by atoms with Crippen LogP contribution in [0.5, 0.6) is 0 Å². The van der Waals surface area contributed by atoms with E-state index in [1.807, 2.05) is 12.1 Å². The van der Waals surface area contributed by atoms with Gasteiger partial charge in [0.1, 0.15) is 5.82 Å². The zero-order valence-corrected chi connectivity index (χ0v) is 10.3. The molecule has 0 bridgehead atoms. The van der Waals surface area contributed by atoms with E-state index < -0.39 is 5.82 Å². The summed E-state index contributed by atoms with van der Waals surface area (Å²) in [5, 5.41) is 3.12. The third-order valence-corrected chi connectivity index (χ3v) is 2.86. The Morgan fingerprint density at radius 2 is 2.11 bits per heavy atom. The lowest BCUT2D eigenvalue weighted by atomic mass is 10.1. The first-order valence-corrected chi connectivity index (χ1v) is 5.93. The smallest absolute Gasteiger partial charge is 0.148 e. The lowest BCUT2D eigenvalue weighted by Crippen LogP contribution is -2.07. The van der Waals surface area contributed by atoms with Gasteiger partial charge in [-0.25, -0.2) is 4.39 Å². The molecule has 0 unspecified atom stereocenters. The molecule has 0 saturated carbocycles. The molecule has 2 aromatic rings. The van der Waals surface area contributed by atoms with Crippen molar-refractivity contribution in [1.82, 2.24) is 4.98 Å². The zero-order chi connectivity index (χ0) is 13.0. The van der Waals surface area contributed by atoms with E-state index >= 15 is 0 Å². The summed E-state index contributed by atoms with van der Waals surface area (Å²) >= 11 is 0. The second-order valence-electron chi connectivity index (χ2n) is 4.02. The molecular formula is C14H16FN3. The predicted molar refractivity (Wildman–Crippen MR) is 71.8 cm³/mol. The number of nitrogens with one attached hydrogen (secondary N) is 1. The average molecular weight is 245 g/mol. The third-order valence-electron chi connectivity index (χ3n) is 2.86. The molecule has 0 amide bonds. The van der Waals surface area contributed by atoms with Gasteiger partial charge in [-0.2, -0.15) is 0 Å². The Morgan fingerprint density at radius 1 is 1.28 bits per heavy atom. The van der Waals surface area contributed by atoms with Crippen molar-refractivity contribution >= 4 is 11.4 Å². The Balaban J connectivity index is 2.14. The number of halogens is 1. The highest BCUT2D eigenvalue weighted by atomic mass is 19.1. The molecule has 0 saturated heterocycles. The number of aryl methyl sites for hydroxylation is 1. The second-order valence-corrected chi connectivity index (χ2v) is 4.02. The highest BCUT2D eigenvalue weighted by Gasteiger charge is 2.05. The van der Waals surface area contributed by atoms with Crippen molar-refractivity contribution in [3.05, 3.63) is 53.6 Å². The lowest BCUT2D eigenvalue weighted by molar-refractivity contribution is 0.633. The molecule has 0 aliphatic rings. The number of nitrogen functional groups attached to an aromatic ring is 1. The fourth-order valence-electron chi connectivity index (χ4n) is 1.82. The standard InChI is InChI=1S/C14H16FN3/c1-2-10-5-4-8-17-13(10)9-18-12-7-3-6-11(15)14(12)16/h3-8,18H,2,9,16H2,1H3. The molecule has 4 heteroatoms. The van der Waals surface area contributed by atoms with E-state index in [1.54, 1.807) is 18.3 Å². The number of pyridine rings is 1. The number of aromatic nitrogens is 1. The lowest BCUT2D eigenvalue weighted by Gasteiger charge is -2.11. The van der Waals surface area contributed by atoms with Gasteiger partial charge >= 0.3 is 0 Å². The van der Waals surface area contributed by atoms with Gasteiger partial charge in [0.2, 0.25) is 0 Å². The molecule has 0 aliphatic heterocycles. The Labute approximate surface area is 106 Å². The van der Waals surface area contributed by atoms with Gasteiger partial charge in [0.25, 0.3) is 0 Å². The molecule has 3 nitrogen and oxygen atoms in total. The molecule has 0 atom stereocenters. The normalized spacial score (nSPS) is 10.3. The van der Waals surface area contributed by atoms with Gasteiger partial charge in [-0.05, 0) is 30.2 Å². The highest BCUT2D eigenvalue weighted by Crippen LogP contribution is 2.21. The largest absolute Gasteiger partial charge is 0.395 e. The summed E-state index contributed by atoms with van der Waals surface area (Å²) in [4.78, 5) is 4.32. The van der Waals surface area contributed by atoms with Crippen LogP contribution in [0.25, 0.3) is 0 Å². The van der Waals surface area contributed by atoms with Crippen LogP contribution in [0.3, 0.4) is 0 Å². The van der Waals surface area contributed by atoms with Gasteiger partial charge in [-0.15, -0.1) is 0 Å². The first kappa shape index (κ1) is 12.4. The van der Waals surface area contributed by atoms with Gasteiger partial charge < -0.3 is 11.1 Å². The SMILES string of the molecule is CCc1cccnc1CNc1cccc(F)c1N. The Kier molecular flexibility index (Phi) is 3.77. The van der Waals surface area contributed by atoms with E-state index in [1.165, 1.54) is 11.6 Å². The van der Waals surface area contributed by atoms with Crippen LogP contribution in [-0.4, -0.2) is 4.98 Å². The highest BCUT2D eigenvalue weighted by molar-refractivity contribution is 5.66. The molecular weight excluding hydrogens is 229 g/mol. The number of benzene rings is 1. The molecule has 0 fully saturated rings. The van der Waals surface area contributed by atoms with E-state index in [-0.39, 0.29) is 5.69 Å². The van der Waals surface area contributed by atoms with E-state index in [0.717, 1.165) is 12.1 Å². The van der Waals surface area contributed by atoms with Crippen molar-refractivity contribution in [3.8, 4) is 0 Å². The maximum absolute atomic E-state index is 13.3. The number of rotatable bonds is 4. The quantitative estimate of drug-likeness (QED) is 0.814. The first-order chi connectivity index (χ1) is 8.72. The topological polar surface area (TPSA) is 50.9 Å². The molecule has 0 spiro atoms. The summed E-state index contributed by atoms with van der Waals surface area (Å²) in [7, 11) is 0. The van der Waals surface area contributed by atoms with Crippen LogP contribution in [0.4, 0.5) is 15.8 Å². The van der Waals surface area contributed by atoms with Crippen LogP contribution in [0.2, 0.25) is 0 Å². The maximum atomic E-state index is 13.3. The summed E-state index contributed by atoms with van der Waals surface area (Å²) in [6.07, 6.45) is 2.68. The summed E-state index contributed by atoms with van der Waals surface area (Å²) in [6, 6.07) is 8.69. The van der Waals surface area contributed by atoms with E-state index in [2.05, 4.69) is 17.2 Å². The maximum Gasteiger partial charge on any atom is 0.148 e. The third kappa shape index (κ3) is 2.59. The van der Waals surface area contributed by atoms with Gasteiger partial charge in [0.05, 0.1) is 23.6 Å². The van der Waals surface area contributed by atoms with Crippen LogP contribution in [0.1, 0.15) is 18.2 Å². The number of hydrogen-bond donors (Lipinski definition) is 2. The predicted octanol–water partition coefficient (Wildman–Crippen LogP) is 2.98. The molecule has 94 valence electrons. The average Bonchev–Trinajstić information content (AvgIpc) is 2.41. The van der Waals surface area contributed by atoms with Crippen LogP contribution < -0.4 is 11.1 Å². The van der Waals surface area contributed by atoms with E-state index in [4.69, 9.17) is 5.73 Å². The van der Waals surface area contributed by atoms with Crippen molar-refractivity contribution in [1.29, 1.82) is 0 Å². The minimum atomic E-state index is -0.406. The minimum Gasteiger partial charge on any atom is -0.395 e. The first-order valence-electron chi connectivity index (χ1n) is 5.93. The van der Waals surface area contributed by atoms with Crippen LogP contribution in [0.15, 0.2) is 36.5 Å². The Bertz CT molecular complexity index is 540. The molecule has 0 aliphatic carbocycles. The number of nitrogens with zero attached hydrogens (tertiary/aromatic N) is 1. The van der Waals surface area contributed by atoms with Gasteiger partial charge in [-0.1, -0.05) is 19.1 Å². The summed E-state index contributed by atoms with van der Waals surface area (Å²) in [5.74, 6) is -0.406. The van der Waals surface area contributed by atoms with E-state index in [9.17, 15) is 4.39 Å². The second kappa shape index (κ2) is 5.49. The number of hydrogen-bond acceptors (Lipinski definition) is 3. The fourth-order valence-corrected chi connectivity index (χ4v) is 1.82.